The van der Waals surface area contributed by atoms with Gasteiger partial charge in [0.1, 0.15) is 6.61 Å². The van der Waals surface area contributed by atoms with Gasteiger partial charge in [0, 0.05) is 12.6 Å². The lowest BCUT2D eigenvalue weighted by molar-refractivity contribution is 0.157. The zero-order valence-electron chi connectivity index (χ0n) is 5.80. The fourth-order valence-corrected chi connectivity index (χ4v) is 0.702. The van der Waals surface area contributed by atoms with Gasteiger partial charge in [0.15, 0.2) is 0 Å². The number of carbonyl (C=O) groups is 1. The van der Waals surface area contributed by atoms with Crippen molar-refractivity contribution >= 4 is 6.09 Å². The molecule has 0 bridgehead atoms. The Bertz CT molecular complexity index is 123. The molecule has 0 spiro atoms. The maximum absolute atomic E-state index is 10.0. The fourth-order valence-electron chi connectivity index (χ4n) is 0.702. The molecule has 0 radical (unpaired) electrons. The van der Waals surface area contributed by atoms with Gasteiger partial charge in [0.05, 0.1) is 0 Å². The van der Waals surface area contributed by atoms with E-state index in [0.717, 1.165) is 0 Å². The largest absolute Gasteiger partial charge is 0.448 e. The first kappa shape index (κ1) is 7.34. The van der Waals surface area contributed by atoms with Crippen LogP contribution in [0.1, 0.15) is 12.8 Å². The van der Waals surface area contributed by atoms with Gasteiger partial charge in [-0.1, -0.05) is 0 Å². The third-order valence-corrected chi connectivity index (χ3v) is 1.36. The lowest BCUT2D eigenvalue weighted by Crippen LogP contribution is -2.24. The van der Waals surface area contributed by atoms with E-state index in [1.807, 2.05) is 0 Å². The van der Waals surface area contributed by atoms with E-state index in [0.29, 0.717) is 19.2 Å². The quantitative estimate of drug-likeness (QED) is 0.538. The van der Waals surface area contributed by atoms with E-state index in [2.05, 4.69) is 10.1 Å². The third kappa shape index (κ3) is 3.29. The Labute approximate surface area is 59.7 Å². The van der Waals surface area contributed by atoms with Gasteiger partial charge in [0.2, 0.25) is 0 Å². The minimum Gasteiger partial charge on any atom is -0.448 e. The monoisotopic (exact) mass is 144 g/mol. The Hall–Kier alpha value is -0.770. The molecule has 0 aliphatic heterocycles. The van der Waals surface area contributed by atoms with Crippen molar-refractivity contribution in [2.45, 2.75) is 18.9 Å². The van der Waals surface area contributed by atoms with Crippen LogP contribution in [0, 0.1) is 0 Å². The van der Waals surface area contributed by atoms with Crippen LogP contribution in [-0.4, -0.2) is 25.3 Å². The summed E-state index contributed by atoms with van der Waals surface area (Å²) in [6.45, 7) is 1.10. The van der Waals surface area contributed by atoms with Gasteiger partial charge in [-0.2, -0.15) is 0 Å². The minimum atomic E-state index is -0.697. The number of carbonyl (C=O) groups excluding carboxylic acids is 1. The molecule has 10 heavy (non-hydrogen) atoms. The molecule has 0 heterocycles. The number of amides is 1. The molecular formula is C6H12N2O2. The average Bonchev–Trinajstić information content (AvgIpc) is 2.62. The number of hydrogen-bond acceptors (Lipinski definition) is 3. The number of nitrogens with two attached hydrogens (primary N) is 1. The average molecular weight is 144 g/mol. The van der Waals surface area contributed by atoms with E-state index < -0.39 is 6.09 Å². The number of primary amides is 1. The Morgan fingerprint density at radius 3 is 2.90 bits per heavy atom. The molecule has 0 aromatic heterocycles. The molecule has 4 heteroatoms. The summed E-state index contributed by atoms with van der Waals surface area (Å²) < 4.78 is 4.50. The summed E-state index contributed by atoms with van der Waals surface area (Å²) in [4.78, 5) is 10.0. The Kier molecular flexibility index (Phi) is 2.50. The third-order valence-electron chi connectivity index (χ3n) is 1.36. The zero-order valence-corrected chi connectivity index (χ0v) is 5.80. The SMILES string of the molecule is NC(=O)OCCNC1CC1. The fraction of sp³-hybridized carbons (Fsp3) is 0.833. The highest BCUT2D eigenvalue weighted by molar-refractivity contribution is 5.64. The predicted octanol–water partition coefficient (Wildman–Crippen LogP) is -0.166. The van der Waals surface area contributed by atoms with Gasteiger partial charge in [0.25, 0.3) is 0 Å². The van der Waals surface area contributed by atoms with Crippen LogP contribution in [0.4, 0.5) is 4.79 Å². The molecular weight excluding hydrogens is 132 g/mol. The first-order valence-corrected chi connectivity index (χ1v) is 3.44. The smallest absolute Gasteiger partial charge is 0.404 e. The molecule has 1 fully saturated rings. The van der Waals surface area contributed by atoms with Crippen LogP contribution < -0.4 is 11.1 Å². The van der Waals surface area contributed by atoms with E-state index in [1.165, 1.54) is 12.8 Å². The molecule has 58 valence electrons. The van der Waals surface area contributed by atoms with Gasteiger partial charge in [-0.3, -0.25) is 0 Å². The number of rotatable bonds is 4. The second-order valence-electron chi connectivity index (χ2n) is 2.40. The Morgan fingerprint density at radius 1 is 1.70 bits per heavy atom. The van der Waals surface area contributed by atoms with E-state index in [4.69, 9.17) is 5.73 Å². The lowest BCUT2D eigenvalue weighted by Gasteiger charge is -2.01. The number of nitrogens with one attached hydrogen (secondary N) is 1. The standard InChI is InChI=1S/C6H12N2O2/c7-6(9)10-4-3-8-5-1-2-5/h5,8H,1-4H2,(H2,7,9). The summed E-state index contributed by atoms with van der Waals surface area (Å²) in [7, 11) is 0. The van der Waals surface area contributed by atoms with Crippen LogP contribution in [0.5, 0.6) is 0 Å². The number of hydrogen-bond donors (Lipinski definition) is 2. The van der Waals surface area contributed by atoms with Crippen molar-refractivity contribution < 1.29 is 9.53 Å². The van der Waals surface area contributed by atoms with E-state index in [9.17, 15) is 4.79 Å². The van der Waals surface area contributed by atoms with E-state index >= 15 is 0 Å². The molecule has 0 aromatic rings. The maximum Gasteiger partial charge on any atom is 0.404 e. The van der Waals surface area contributed by atoms with Crippen molar-refractivity contribution in [2.75, 3.05) is 13.2 Å². The molecule has 1 rings (SSSR count). The number of ether oxygens (including phenoxy) is 1. The zero-order chi connectivity index (χ0) is 7.40. The second kappa shape index (κ2) is 3.41. The van der Waals surface area contributed by atoms with Gasteiger partial charge < -0.3 is 15.8 Å². The highest BCUT2D eigenvalue weighted by atomic mass is 16.5. The highest BCUT2D eigenvalue weighted by Crippen LogP contribution is 2.17. The van der Waals surface area contributed by atoms with Crippen molar-refractivity contribution in [3.05, 3.63) is 0 Å². The molecule has 0 atom stereocenters. The molecule has 1 saturated carbocycles. The Balaban J connectivity index is 1.80. The lowest BCUT2D eigenvalue weighted by atomic mass is 10.6. The van der Waals surface area contributed by atoms with Crippen LogP contribution in [0.15, 0.2) is 0 Å². The first-order valence-electron chi connectivity index (χ1n) is 3.44. The topological polar surface area (TPSA) is 64.4 Å². The Morgan fingerprint density at radius 2 is 2.40 bits per heavy atom. The van der Waals surface area contributed by atoms with Gasteiger partial charge >= 0.3 is 6.09 Å². The molecule has 1 aliphatic carbocycles. The molecule has 0 aromatic carbocycles. The van der Waals surface area contributed by atoms with Crippen LogP contribution in [0.2, 0.25) is 0 Å². The molecule has 0 unspecified atom stereocenters. The van der Waals surface area contributed by atoms with Gasteiger partial charge in [-0.15, -0.1) is 0 Å². The summed E-state index contributed by atoms with van der Waals surface area (Å²) in [5.41, 5.74) is 4.74. The van der Waals surface area contributed by atoms with Crippen molar-refractivity contribution in [1.82, 2.24) is 5.32 Å². The molecule has 3 N–H and O–H groups in total. The minimum absolute atomic E-state index is 0.381. The van der Waals surface area contributed by atoms with Crippen molar-refractivity contribution in [2.24, 2.45) is 5.73 Å². The predicted molar refractivity (Wildman–Crippen MR) is 36.6 cm³/mol. The molecule has 0 saturated heterocycles. The summed E-state index contributed by atoms with van der Waals surface area (Å²) in [5, 5.41) is 3.18. The van der Waals surface area contributed by atoms with Crippen molar-refractivity contribution in [3.63, 3.8) is 0 Å². The van der Waals surface area contributed by atoms with Crippen molar-refractivity contribution in [1.29, 1.82) is 0 Å². The summed E-state index contributed by atoms with van der Waals surface area (Å²) in [5.74, 6) is 0. The molecule has 1 amide bonds. The van der Waals surface area contributed by atoms with E-state index in [-0.39, 0.29) is 0 Å². The summed E-state index contributed by atoms with van der Waals surface area (Å²) >= 11 is 0. The van der Waals surface area contributed by atoms with Gasteiger partial charge in [-0.25, -0.2) is 4.79 Å². The first-order chi connectivity index (χ1) is 4.79. The van der Waals surface area contributed by atoms with Crippen LogP contribution in [0.25, 0.3) is 0 Å². The van der Waals surface area contributed by atoms with Crippen LogP contribution in [-0.2, 0) is 4.74 Å². The van der Waals surface area contributed by atoms with Crippen LogP contribution in [0.3, 0.4) is 0 Å². The van der Waals surface area contributed by atoms with Crippen molar-refractivity contribution in [3.8, 4) is 0 Å². The summed E-state index contributed by atoms with van der Waals surface area (Å²) in [6.07, 6.45) is 1.80. The summed E-state index contributed by atoms with van der Waals surface area (Å²) in [6, 6.07) is 0.663. The second-order valence-corrected chi connectivity index (χ2v) is 2.40. The maximum atomic E-state index is 10.0. The van der Waals surface area contributed by atoms with Crippen LogP contribution >= 0.6 is 0 Å². The highest BCUT2D eigenvalue weighted by Gasteiger charge is 2.19. The van der Waals surface area contributed by atoms with Gasteiger partial charge in [-0.05, 0) is 12.8 Å². The van der Waals surface area contributed by atoms with E-state index in [1.54, 1.807) is 0 Å². The molecule has 4 nitrogen and oxygen atoms in total. The normalized spacial score (nSPS) is 16.8. The molecule has 1 aliphatic rings.